The highest BCUT2D eigenvalue weighted by Crippen LogP contribution is 2.55. The molecular formula is C6H5Cl2N2O3P. The van der Waals surface area contributed by atoms with E-state index in [1.165, 1.54) is 24.3 Å². The van der Waals surface area contributed by atoms with Crippen LogP contribution in [0.15, 0.2) is 24.3 Å². The van der Waals surface area contributed by atoms with Gasteiger partial charge < -0.3 is 5.09 Å². The number of nitro benzene ring substituents is 1. The van der Waals surface area contributed by atoms with Crippen LogP contribution in [0.3, 0.4) is 0 Å². The molecule has 14 heavy (non-hydrogen) atoms. The fraction of sp³-hybridized carbons (Fsp3) is 0. The predicted octanol–water partition coefficient (Wildman–Crippen LogP) is 3.59. The van der Waals surface area contributed by atoms with Crippen molar-refractivity contribution in [2.45, 2.75) is 0 Å². The van der Waals surface area contributed by atoms with Crippen LogP contribution in [0.1, 0.15) is 0 Å². The zero-order valence-electron chi connectivity index (χ0n) is 6.68. The topological polar surface area (TPSA) is 72.2 Å². The molecule has 0 unspecified atom stereocenters. The van der Waals surface area contributed by atoms with Gasteiger partial charge in [0.05, 0.1) is 4.92 Å². The van der Waals surface area contributed by atoms with Crippen molar-refractivity contribution in [3.63, 3.8) is 0 Å². The van der Waals surface area contributed by atoms with E-state index in [0.29, 0.717) is 5.69 Å². The molecule has 1 rings (SSSR count). The van der Waals surface area contributed by atoms with Crippen LogP contribution >= 0.6 is 28.5 Å². The van der Waals surface area contributed by atoms with Crippen molar-refractivity contribution in [2.75, 3.05) is 5.09 Å². The van der Waals surface area contributed by atoms with Gasteiger partial charge in [-0.15, -0.1) is 0 Å². The van der Waals surface area contributed by atoms with Crippen molar-refractivity contribution < 1.29 is 9.49 Å². The summed E-state index contributed by atoms with van der Waals surface area (Å²) < 4.78 is 10.9. The Morgan fingerprint density at radius 2 is 1.79 bits per heavy atom. The van der Waals surface area contributed by atoms with Crippen molar-refractivity contribution in [3.8, 4) is 0 Å². The number of halogens is 2. The van der Waals surface area contributed by atoms with Gasteiger partial charge in [-0.1, -0.05) is 0 Å². The molecule has 0 bridgehead atoms. The van der Waals surface area contributed by atoms with Crippen LogP contribution < -0.4 is 5.09 Å². The number of hydrogen-bond acceptors (Lipinski definition) is 3. The molecule has 0 fully saturated rings. The van der Waals surface area contributed by atoms with Gasteiger partial charge in [0.2, 0.25) is 0 Å². The lowest BCUT2D eigenvalue weighted by molar-refractivity contribution is -0.384. The summed E-state index contributed by atoms with van der Waals surface area (Å²) in [6, 6.07) is 5.25. The van der Waals surface area contributed by atoms with Gasteiger partial charge in [-0.3, -0.25) is 14.7 Å². The summed E-state index contributed by atoms with van der Waals surface area (Å²) in [6.45, 7) is 0. The van der Waals surface area contributed by atoms with Crippen molar-refractivity contribution in [3.05, 3.63) is 34.4 Å². The first-order valence-corrected chi connectivity index (χ1v) is 6.92. The normalized spacial score (nSPS) is 11.0. The monoisotopic (exact) mass is 254 g/mol. The second kappa shape index (κ2) is 4.17. The number of nitrogens with one attached hydrogen (secondary N) is 1. The molecule has 0 aliphatic rings. The molecule has 8 heteroatoms. The lowest BCUT2D eigenvalue weighted by Gasteiger charge is -2.05. The van der Waals surface area contributed by atoms with E-state index < -0.39 is 10.9 Å². The molecule has 0 amide bonds. The van der Waals surface area contributed by atoms with Gasteiger partial charge in [-0.2, -0.15) is 0 Å². The summed E-state index contributed by atoms with van der Waals surface area (Å²) >= 11 is 10.5. The molecule has 5 nitrogen and oxygen atoms in total. The largest absolute Gasteiger partial charge is 0.343 e. The molecule has 0 atom stereocenters. The van der Waals surface area contributed by atoms with Crippen LogP contribution in [-0.4, -0.2) is 4.92 Å². The fourth-order valence-corrected chi connectivity index (χ4v) is 1.84. The number of non-ortho nitro benzene ring substituents is 1. The summed E-state index contributed by atoms with van der Waals surface area (Å²) in [7, 11) is 0. The number of rotatable bonds is 3. The van der Waals surface area contributed by atoms with Crippen molar-refractivity contribution in [1.82, 2.24) is 0 Å². The minimum atomic E-state index is -3.40. The number of nitro groups is 1. The van der Waals surface area contributed by atoms with E-state index in [1.807, 2.05) is 0 Å². The summed E-state index contributed by atoms with van der Waals surface area (Å²) in [5, 5.41) is 12.6. The predicted molar refractivity (Wildman–Crippen MR) is 56.0 cm³/mol. The maximum atomic E-state index is 10.9. The third-order valence-electron chi connectivity index (χ3n) is 1.34. The first kappa shape index (κ1) is 11.3. The lowest BCUT2D eigenvalue weighted by Crippen LogP contribution is -1.89. The Hall–Kier alpha value is -0.770. The summed E-state index contributed by atoms with van der Waals surface area (Å²) in [4.78, 5) is 9.74. The van der Waals surface area contributed by atoms with Crippen LogP contribution in [0.25, 0.3) is 0 Å². The van der Waals surface area contributed by atoms with E-state index in [4.69, 9.17) is 22.5 Å². The number of nitrogens with zero attached hydrogens (tertiary/aromatic N) is 1. The lowest BCUT2D eigenvalue weighted by atomic mass is 10.3. The molecule has 1 aromatic rings. The zero-order valence-corrected chi connectivity index (χ0v) is 9.09. The highest BCUT2D eigenvalue weighted by atomic mass is 35.9. The van der Waals surface area contributed by atoms with Crippen LogP contribution in [0.2, 0.25) is 0 Å². The zero-order chi connectivity index (χ0) is 10.8. The third kappa shape index (κ3) is 3.54. The number of hydrogen-bond donors (Lipinski definition) is 1. The summed E-state index contributed by atoms with van der Waals surface area (Å²) in [5.41, 5.74) is 0.304. The molecule has 0 aliphatic heterocycles. The molecule has 0 aromatic heterocycles. The second-order valence-electron chi connectivity index (χ2n) is 2.38. The summed E-state index contributed by atoms with van der Waals surface area (Å²) in [6.07, 6.45) is 0. The number of anilines is 1. The third-order valence-corrected chi connectivity index (χ3v) is 2.36. The molecule has 0 saturated carbocycles. The second-order valence-corrected chi connectivity index (χ2v) is 6.90. The van der Waals surface area contributed by atoms with Gasteiger partial charge in [0.25, 0.3) is 5.69 Å². The minimum absolute atomic E-state index is 0.0606. The molecule has 0 radical (unpaired) electrons. The van der Waals surface area contributed by atoms with E-state index in [1.54, 1.807) is 0 Å². The SMILES string of the molecule is O=[N+]([O-])c1ccc(NP(=O)(Cl)Cl)cc1. The molecule has 1 aromatic carbocycles. The smallest absolute Gasteiger partial charge is 0.313 e. The molecule has 1 N–H and O–H groups in total. The van der Waals surface area contributed by atoms with Crippen LogP contribution in [0, 0.1) is 10.1 Å². The van der Waals surface area contributed by atoms with Gasteiger partial charge in [0.15, 0.2) is 0 Å². The Morgan fingerprint density at radius 1 is 1.29 bits per heavy atom. The van der Waals surface area contributed by atoms with Crippen LogP contribution in [-0.2, 0) is 4.57 Å². The van der Waals surface area contributed by atoms with Gasteiger partial charge in [-0.05, 0) is 34.6 Å². The molecule has 0 spiro atoms. The van der Waals surface area contributed by atoms with E-state index in [0.717, 1.165) is 0 Å². The van der Waals surface area contributed by atoms with Gasteiger partial charge in [0.1, 0.15) is 0 Å². The fourth-order valence-electron chi connectivity index (χ4n) is 0.808. The number of benzene rings is 1. The van der Waals surface area contributed by atoms with Crippen LogP contribution in [0.5, 0.6) is 0 Å². The first-order valence-electron chi connectivity index (χ1n) is 3.40. The maximum absolute atomic E-state index is 10.9. The van der Waals surface area contributed by atoms with Crippen molar-refractivity contribution in [1.29, 1.82) is 0 Å². The quantitative estimate of drug-likeness (QED) is 0.508. The Balaban J connectivity index is 2.84. The molecule has 0 aliphatic carbocycles. The van der Waals surface area contributed by atoms with Gasteiger partial charge in [-0.25, -0.2) is 0 Å². The highest BCUT2D eigenvalue weighted by molar-refractivity contribution is 8.09. The van der Waals surface area contributed by atoms with Gasteiger partial charge in [0, 0.05) is 17.8 Å². The Morgan fingerprint density at radius 3 is 2.14 bits per heavy atom. The Bertz CT molecular complexity index is 389. The van der Waals surface area contributed by atoms with E-state index in [-0.39, 0.29) is 5.69 Å². The average Bonchev–Trinajstić information content (AvgIpc) is 2.02. The first-order chi connectivity index (χ1) is 6.38. The molecule has 76 valence electrons. The van der Waals surface area contributed by atoms with Crippen molar-refractivity contribution >= 4 is 39.9 Å². The van der Waals surface area contributed by atoms with E-state index in [2.05, 4.69) is 5.09 Å². The highest BCUT2D eigenvalue weighted by Gasteiger charge is 2.13. The van der Waals surface area contributed by atoms with E-state index in [9.17, 15) is 14.7 Å². The van der Waals surface area contributed by atoms with E-state index >= 15 is 0 Å². The Kier molecular flexibility index (Phi) is 3.37. The molecule has 0 heterocycles. The Labute approximate surface area is 89.2 Å². The summed E-state index contributed by atoms with van der Waals surface area (Å²) in [5.74, 6) is -3.40. The standard InChI is InChI=1S/C6H5Cl2N2O3P/c7-14(8,13)9-5-1-3-6(4-2-5)10(11)12/h1-4H,(H,9,13). The van der Waals surface area contributed by atoms with Gasteiger partial charge >= 0.3 is 6.00 Å². The maximum Gasteiger partial charge on any atom is 0.343 e. The van der Waals surface area contributed by atoms with Crippen LogP contribution in [0.4, 0.5) is 11.4 Å². The minimum Gasteiger partial charge on any atom is -0.313 e. The average molecular weight is 255 g/mol. The van der Waals surface area contributed by atoms with Crippen molar-refractivity contribution in [2.24, 2.45) is 0 Å². The molecular weight excluding hydrogens is 250 g/mol. The molecule has 0 saturated heterocycles.